The number of hydrogen-bond acceptors (Lipinski definition) is 2. The summed E-state index contributed by atoms with van der Waals surface area (Å²) < 4.78 is 39.1. The van der Waals surface area contributed by atoms with Gasteiger partial charge in [0.15, 0.2) is 0 Å². The summed E-state index contributed by atoms with van der Waals surface area (Å²) in [4.78, 5) is 0. The van der Waals surface area contributed by atoms with Crippen LogP contribution in [0, 0.1) is 19.8 Å². The molecule has 1 aromatic rings. The number of benzene rings is 1. The molecule has 0 radical (unpaired) electrons. The van der Waals surface area contributed by atoms with Gasteiger partial charge in [-0.3, -0.25) is 0 Å². The first-order chi connectivity index (χ1) is 9.30. The lowest BCUT2D eigenvalue weighted by molar-refractivity contribution is -0.184. The van der Waals surface area contributed by atoms with Gasteiger partial charge in [-0.15, -0.1) is 0 Å². The molecule has 0 bridgehead atoms. The van der Waals surface area contributed by atoms with E-state index in [1.807, 2.05) is 0 Å². The highest BCUT2D eigenvalue weighted by Crippen LogP contribution is 2.40. The van der Waals surface area contributed by atoms with Crippen LogP contribution in [-0.2, 0) is 0 Å². The van der Waals surface area contributed by atoms with Crippen LogP contribution in [0.4, 0.5) is 18.9 Å². The number of aromatic hydroxyl groups is 1. The topological polar surface area (TPSA) is 32.3 Å². The highest BCUT2D eigenvalue weighted by Gasteiger charge is 2.45. The molecule has 0 aliphatic heterocycles. The van der Waals surface area contributed by atoms with Crippen LogP contribution in [0.2, 0.25) is 0 Å². The molecule has 0 spiro atoms. The summed E-state index contributed by atoms with van der Waals surface area (Å²) in [6.45, 7) is 3.49. The Morgan fingerprint density at radius 1 is 1.15 bits per heavy atom. The largest absolute Gasteiger partial charge is 0.507 e. The maximum atomic E-state index is 13.0. The number of rotatable bonds is 2. The molecule has 1 aliphatic carbocycles. The second-order valence-electron chi connectivity index (χ2n) is 5.59. The van der Waals surface area contributed by atoms with Crippen molar-refractivity contribution in [2.45, 2.75) is 51.7 Å². The zero-order valence-corrected chi connectivity index (χ0v) is 11.7. The van der Waals surface area contributed by atoms with Gasteiger partial charge in [-0.25, -0.2) is 0 Å². The maximum Gasteiger partial charge on any atom is 0.393 e. The van der Waals surface area contributed by atoms with E-state index >= 15 is 0 Å². The third-order valence-corrected chi connectivity index (χ3v) is 4.16. The summed E-state index contributed by atoms with van der Waals surface area (Å²) in [6, 6.07) is 2.85. The van der Waals surface area contributed by atoms with E-state index < -0.39 is 18.1 Å². The first-order valence-corrected chi connectivity index (χ1v) is 6.93. The van der Waals surface area contributed by atoms with Crippen LogP contribution >= 0.6 is 0 Å². The Morgan fingerprint density at radius 2 is 1.80 bits per heavy atom. The van der Waals surface area contributed by atoms with Crippen LogP contribution in [0.5, 0.6) is 5.75 Å². The van der Waals surface area contributed by atoms with Crippen LogP contribution in [0.1, 0.15) is 36.8 Å². The van der Waals surface area contributed by atoms with Crippen molar-refractivity contribution in [1.29, 1.82) is 0 Å². The third kappa shape index (κ3) is 3.02. The van der Waals surface area contributed by atoms with Crippen LogP contribution in [0.25, 0.3) is 0 Å². The number of nitrogens with one attached hydrogen (secondary N) is 1. The van der Waals surface area contributed by atoms with Gasteiger partial charge in [0, 0.05) is 17.3 Å². The predicted molar refractivity (Wildman–Crippen MR) is 73.0 cm³/mol. The fraction of sp³-hybridized carbons (Fsp3) is 0.600. The Hall–Kier alpha value is -1.39. The van der Waals surface area contributed by atoms with Gasteiger partial charge in [-0.1, -0.05) is 18.9 Å². The number of phenolic OH excluding ortho intramolecular Hbond substituents is 1. The van der Waals surface area contributed by atoms with Crippen LogP contribution in [0.3, 0.4) is 0 Å². The lowest BCUT2D eigenvalue weighted by Gasteiger charge is -2.34. The molecular weight excluding hydrogens is 267 g/mol. The van der Waals surface area contributed by atoms with Gasteiger partial charge in [0.2, 0.25) is 0 Å². The van der Waals surface area contributed by atoms with E-state index in [0.717, 1.165) is 12.0 Å². The summed E-state index contributed by atoms with van der Waals surface area (Å²) in [6.07, 6.45) is -2.04. The lowest BCUT2D eigenvalue weighted by atomic mass is 9.83. The second kappa shape index (κ2) is 5.54. The van der Waals surface area contributed by atoms with E-state index in [4.69, 9.17) is 0 Å². The molecule has 1 fully saturated rings. The summed E-state index contributed by atoms with van der Waals surface area (Å²) in [7, 11) is 0. The number of phenols is 1. The minimum atomic E-state index is -4.17. The van der Waals surface area contributed by atoms with E-state index in [1.165, 1.54) is 0 Å². The Bertz CT molecular complexity index is 485. The van der Waals surface area contributed by atoms with Gasteiger partial charge in [0.1, 0.15) is 5.75 Å². The van der Waals surface area contributed by atoms with E-state index in [-0.39, 0.29) is 12.2 Å². The zero-order chi connectivity index (χ0) is 14.9. The highest BCUT2D eigenvalue weighted by atomic mass is 19.4. The van der Waals surface area contributed by atoms with Crippen molar-refractivity contribution in [3.63, 3.8) is 0 Å². The van der Waals surface area contributed by atoms with Gasteiger partial charge in [-0.05, 0) is 38.3 Å². The first kappa shape index (κ1) is 15.0. The van der Waals surface area contributed by atoms with Crippen molar-refractivity contribution in [3.8, 4) is 5.75 Å². The van der Waals surface area contributed by atoms with Crippen LogP contribution in [-0.4, -0.2) is 17.3 Å². The molecule has 0 saturated heterocycles. The molecule has 0 amide bonds. The van der Waals surface area contributed by atoms with Crippen LogP contribution < -0.4 is 5.32 Å². The van der Waals surface area contributed by atoms with E-state index in [1.54, 1.807) is 26.0 Å². The smallest absolute Gasteiger partial charge is 0.393 e. The Kier molecular flexibility index (Phi) is 4.16. The third-order valence-electron chi connectivity index (χ3n) is 4.16. The molecule has 5 heteroatoms. The fourth-order valence-electron chi connectivity index (χ4n) is 2.89. The predicted octanol–water partition coefficient (Wildman–Crippen LogP) is 4.54. The minimum absolute atomic E-state index is 0.148. The zero-order valence-electron chi connectivity index (χ0n) is 11.7. The van der Waals surface area contributed by atoms with Crippen molar-refractivity contribution in [1.82, 2.24) is 0 Å². The van der Waals surface area contributed by atoms with Crippen LogP contribution in [0.15, 0.2) is 12.1 Å². The van der Waals surface area contributed by atoms with Crippen molar-refractivity contribution in [2.24, 2.45) is 5.92 Å². The number of halogens is 3. The Morgan fingerprint density at radius 3 is 2.45 bits per heavy atom. The average Bonchev–Trinajstić information content (AvgIpc) is 2.39. The molecule has 2 unspecified atom stereocenters. The molecule has 0 heterocycles. The number of alkyl halides is 3. The summed E-state index contributed by atoms with van der Waals surface area (Å²) in [5.74, 6) is -1.16. The maximum absolute atomic E-state index is 13.0. The van der Waals surface area contributed by atoms with E-state index in [2.05, 4.69) is 5.32 Å². The van der Waals surface area contributed by atoms with Crippen molar-refractivity contribution in [3.05, 3.63) is 23.3 Å². The molecule has 112 valence electrons. The SMILES string of the molecule is Cc1ccc(NC2CCCCC2C(F)(F)F)c(C)c1O. The average molecular weight is 287 g/mol. The molecule has 1 saturated carbocycles. The number of hydrogen-bond donors (Lipinski definition) is 2. The van der Waals surface area contributed by atoms with Gasteiger partial charge in [-0.2, -0.15) is 13.2 Å². The standard InChI is InChI=1S/C15H20F3NO/c1-9-7-8-12(10(2)14(9)20)19-13-6-4-3-5-11(13)15(16,17)18/h7-8,11,13,19-20H,3-6H2,1-2H3. The lowest BCUT2D eigenvalue weighted by Crippen LogP contribution is -2.41. The first-order valence-electron chi connectivity index (χ1n) is 6.93. The highest BCUT2D eigenvalue weighted by molar-refractivity contribution is 5.59. The molecule has 1 aliphatic rings. The second-order valence-corrected chi connectivity index (χ2v) is 5.59. The summed E-state index contributed by atoms with van der Waals surface area (Å²) in [5.41, 5.74) is 1.93. The van der Waals surface area contributed by atoms with Gasteiger partial charge in [0.25, 0.3) is 0 Å². The quantitative estimate of drug-likeness (QED) is 0.837. The Labute approximate surface area is 117 Å². The summed E-state index contributed by atoms with van der Waals surface area (Å²) in [5, 5.41) is 12.9. The molecule has 2 N–H and O–H groups in total. The molecule has 2 atom stereocenters. The molecule has 2 rings (SSSR count). The van der Waals surface area contributed by atoms with Gasteiger partial charge >= 0.3 is 6.18 Å². The normalized spacial score (nSPS) is 23.6. The molecule has 0 aromatic heterocycles. The van der Waals surface area contributed by atoms with Crippen molar-refractivity contribution in [2.75, 3.05) is 5.32 Å². The van der Waals surface area contributed by atoms with Gasteiger partial charge in [0.05, 0.1) is 5.92 Å². The summed E-state index contributed by atoms with van der Waals surface area (Å²) >= 11 is 0. The number of aryl methyl sites for hydroxylation is 1. The van der Waals surface area contributed by atoms with E-state index in [0.29, 0.717) is 24.1 Å². The monoisotopic (exact) mass is 287 g/mol. The van der Waals surface area contributed by atoms with Crippen molar-refractivity contribution >= 4 is 5.69 Å². The van der Waals surface area contributed by atoms with E-state index in [9.17, 15) is 18.3 Å². The minimum Gasteiger partial charge on any atom is -0.507 e. The van der Waals surface area contributed by atoms with Gasteiger partial charge < -0.3 is 10.4 Å². The molecule has 2 nitrogen and oxygen atoms in total. The number of anilines is 1. The molecule has 20 heavy (non-hydrogen) atoms. The fourth-order valence-corrected chi connectivity index (χ4v) is 2.89. The van der Waals surface area contributed by atoms with Crippen molar-refractivity contribution < 1.29 is 18.3 Å². The molecule has 1 aromatic carbocycles. The molecular formula is C15H20F3NO. The Balaban J connectivity index is 2.21.